The number of hydrogen-bond donors (Lipinski definition) is 2. The van der Waals surface area contributed by atoms with Gasteiger partial charge in [-0.2, -0.15) is 5.10 Å². The molecule has 35 heavy (non-hydrogen) atoms. The van der Waals surface area contributed by atoms with Crippen molar-refractivity contribution in [1.82, 2.24) is 19.2 Å². The Morgan fingerprint density at radius 3 is 2.46 bits per heavy atom. The summed E-state index contributed by atoms with van der Waals surface area (Å²) in [6, 6.07) is 15.1. The fourth-order valence-electron chi connectivity index (χ4n) is 4.48. The third kappa shape index (κ3) is 4.98. The average molecular weight is 499 g/mol. The zero-order valence-corrected chi connectivity index (χ0v) is 20.9. The van der Waals surface area contributed by atoms with E-state index in [9.17, 15) is 15.0 Å². The minimum absolute atomic E-state index is 0.0376. The summed E-state index contributed by atoms with van der Waals surface area (Å²) < 4.78 is 8.63. The predicted molar refractivity (Wildman–Crippen MR) is 137 cm³/mol. The van der Waals surface area contributed by atoms with Crippen molar-refractivity contribution in [1.29, 1.82) is 0 Å². The van der Waals surface area contributed by atoms with Crippen LogP contribution in [0.3, 0.4) is 0 Å². The van der Waals surface area contributed by atoms with E-state index >= 15 is 0 Å². The van der Waals surface area contributed by atoms with E-state index in [0.29, 0.717) is 46.7 Å². The van der Waals surface area contributed by atoms with Gasteiger partial charge in [0.15, 0.2) is 6.23 Å². The largest absolute Gasteiger partial charge is 0.389 e. The van der Waals surface area contributed by atoms with Crippen LogP contribution in [0.1, 0.15) is 31.3 Å². The highest BCUT2D eigenvalue weighted by atomic mass is 35.5. The van der Waals surface area contributed by atoms with Gasteiger partial charge in [0.05, 0.1) is 36.4 Å². The van der Waals surface area contributed by atoms with E-state index in [4.69, 9.17) is 16.3 Å². The minimum atomic E-state index is -1.05. The number of aliphatic hydroxyl groups is 2. The summed E-state index contributed by atoms with van der Waals surface area (Å²) in [7, 11) is 1.79. The van der Waals surface area contributed by atoms with Gasteiger partial charge >= 0.3 is 0 Å². The van der Waals surface area contributed by atoms with E-state index < -0.39 is 12.3 Å². The topological polar surface area (TPSA) is 92.8 Å². The number of hydrogen-bond acceptors (Lipinski definition) is 6. The fraction of sp³-hybridized carbons (Fsp3) is 0.385. The molecule has 8 nitrogen and oxygen atoms in total. The molecule has 4 aromatic rings. The monoisotopic (exact) mass is 498 g/mol. The van der Waals surface area contributed by atoms with Crippen molar-refractivity contribution in [3.05, 3.63) is 75.2 Å². The molecule has 0 radical (unpaired) electrons. The molecule has 0 amide bonds. The van der Waals surface area contributed by atoms with Crippen LogP contribution in [-0.2, 0) is 24.9 Å². The first-order valence-corrected chi connectivity index (χ1v) is 12.1. The molecule has 2 atom stereocenters. The van der Waals surface area contributed by atoms with E-state index in [2.05, 4.69) is 5.10 Å². The summed E-state index contributed by atoms with van der Waals surface area (Å²) in [6.45, 7) is 5.40. The van der Waals surface area contributed by atoms with Crippen LogP contribution in [0.4, 0.5) is 0 Å². The van der Waals surface area contributed by atoms with E-state index in [-0.39, 0.29) is 18.7 Å². The normalized spacial score (nSPS) is 13.7. The number of ether oxygens (including phenoxy) is 1. The standard InChI is InChI=1S/C26H31ClN4O4/c1-4-30(5-2)25(33)23-22-21-19(27)12-9-13-20(21)29(3)24(22)26(34)31(28-23)14-18(32)16-35-15-17-10-7-6-8-11-17/h6-13,18,25,32-33H,4-5,14-16H2,1-3H3. The van der Waals surface area contributed by atoms with Crippen LogP contribution >= 0.6 is 11.6 Å². The maximum Gasteiger partial charge on any atom is 0.291 e. The third-order valence-electron chi connectivity index (χ3n) is 6.31. The highest BCUT2D eigenvalue weighted by Crippen LogP contribution is 2.36. The zero-order valence-electron chi connectivity index (χ0n) is 20.2. The molecule has 0 saturated carbocycles. The number of aryl methyl sites for hydroxylation is 1. The molecule has 186 valence electrons. The van der Waals surface area contributed by atoms with Crippen LogP contribution in [0, 0.1) is 0 Å². The quantitative estimate of drug-likeness (QED) is 0.325. The van der Waals surface area contributed by atoms with E-state index in [0.717, 1.165) is 11.1 Å². The zero-order chi connectivity index (χ0) is 25.1. The highest BCUT2D eigenvalue weighted by molar-refractivity contribution is 6.38. The molecule has 0 aliphatic rings. The van der Waals surface area contributed by atoms with Gasteiger partial charge in [0.2, 0.25) is 0 Å². The number of halogens is 1. The average Bonchev–Trinajstić information content (AvgIpc) is 3.16. The number of aromatic nitrogens is 3. The second-order valence-electron chi connectivity index (χ2n) is 8.54. The Kier molecular flexibility index (Phi) is 7.88. The number of fused-ring (bicyclic) bond motifs is 3. The SMILES string of the molecule is CCN(CC)C(O)c1nn(CC(O)COCc2ccccc2)c(=O)c2c1c1c(Cl)cccc1n2C. The summed E-state index contributed by atoms with van der Waals surface area (Å²) in [6.07, 6.45) is -2.01. The maximum absolute atomic E-state index is 13.5. The second kappa shape index (κ2) is 10.9. The third-order valence-corrected chi connectivity index (χ3v) is 6.62. The molecule has 0 aliphatic carbocycles. The molecular weight excluding hydrogens is 468 g/mol. The summed E-state index contributed by atoms with van der Waals surface area (Å²) in [5, 5.41) is 28.1. The van der Waals surface area contributed by atoms with E-state index in [1.807, 2.05) is 61.2 Å². The van der Waals surface area contributed by atoms with Gasteiger partial charge in [-0.15, -0.1) is 0 Å². The van der Waals surface area contributed by atoms with E-state index in [1.165, 1.54) is 4.68 Å². The van der Waals surface area contributed by atoms with Gasteiger partial charge in [-0.05, 0) is 30.8 Å². The van der Waals surface area contributed by atoms with Crippen LogP contribution < -0.4 is 5.56 Å². The molecule has 0 aliphatic heterocycles. The molecule has 2 heterocycles. The Morgan fingerprint density at radius 2 is 1.77 bits per heavy atom. The Balaban J connectivity index is 1.75. The molecule has 0 bridgehead atoms. The molecule has 0 fully saturated rings. The van der Waals surface area contributed by atoms with Gasteiger partial charge in [0, 0.05) is 17.8 Å². The summed E-state index contributed by atoms with van der Waals surface area (Å²) in [5.74, 6) is 0. The Labute approximate surface area is 208 Å². The van der Waals surface area contributed by atoms with Crippen molar-refractivity contribution in [3.63, 3.8) is 0 Å². The van der Waals surface area contributed by atoms with Gasteiger partial charge in [-0.1, -0.05) is 61.8 Å². The second-order valence-corrected chi connectivity index (χ2v) is 8.95. The van der Waals surface area contributed by atoms with Crippen molar-refractivity contribution in [3.8, 4) is 0 Å². The van der Waals surface area contributed by atoms with E-state index in [1.54, 1.807) is 17.7 Å². The van der Waals surface area contributed by atoms with Gasteiger partial charge < -0.3 is 19.5 Å². The van der Waals surface area contributed by atoms with Crippen molar-refractivity contribution >= 4 is 33.4 Å². The molecule has 2 aromatic heterocycles. The first-order valence-electron chi connectivity index (χ1n) is 11.8. The number of rotatable bonds is 10. The van der Waals surface area contributed by atoms with Crippen molar-refractivity contribution in [2.45, 2.75) is 39.3 Å². The van der Waals surface area contributed by atoms with Crippen LogP contribution in [0.15, 0.2) is 53.3 Å². The van der Waals surface area contributed by atoms with Crippen LogP contribution in [0.5, 0.6) is 0 Å². The van der Waals surface area contributed by atoms with Crippen molar-refractivity contribution in [2.75, 3.05) is 19.7 Å². The molecule has 0 spiro atoms. The van der Waals surface area contributed by atoms with Gasteiger partial charge in [-0.3, -0.25) is 9.69 Å². The summed E-state index contributed by atoms with van der Waals surface area (Å²) in [5.41, 5.74) is 2.10. The van der Waals surface area contributed by atoms with Gasteiger partial charge in [-0.25, -0.2) is 4.68 Å². The number of aliphatic hydroxyl groups excluding tert-OH is 2. The lowest BCUT2D eigenvalue weighted by Gasteiger charge is -2.25. The Hall–Kier alpha value is -2.75. The number of nitrogens with zero attached hydrogens (tertiary/aromatic N) is 4. The number of benzene rings is 2. The predicted octanol–water partition coefficient (Wildman–Crippen LogP) is 3.45. The molecule has 2 aromatic carbocycles. The summed E-state index contributed by atoms with van der Waals surface area (Å²) in [4.78, 5) is 15.4. The molecule has 0 saturated heterocycles. The minimum Gasteiger partial charge on any atom is -0.389 e. The fourth-order valence-corrected chi connectivity index (χ4v) is 4.74. The Bertz CT molecular complexity index is 1370. The van der Waals surface area contributed by atoms with Gasteiger partial charge in [0.25, 0.3) is 5.56 Å². The smallest absolute Gasteiger partial charge is 0.291 e. The first-order chi connectivity index (χ1) is 16.9. The molecule has 4 rings (SSSR count). The molecule has 2 unspecified atom stereocenters. The molecular formula is C26H31ClN4O4. The molecule has 9 heteroatoms. The molecule has 2 N–H and O–H groups in total. The summed E-state index contributed by atoms with van der Waals surface area (Å²) >= 11 is 6.56. The Morgan fingerprint density at radius 1 is 1.06 bits per heavy atom. The lowest BCUT2D eigenvalue weighted by atomic mass is 10.1. The van der Waals surface area contributed by atoms with Crippen molar-refractivity contribution in [2.24, 2.45) is 7.05 Å². The maximum atomic E-state index is 13.5. The first kappa shape index (κ1) is 25.3. The van der Waals surface area contributed by atoms with Crippen LogP contribution in [0.25, 0.3) is 21.8 Å². The van der Waals surface area contributed by atoms with Crippen molar-refractivity contribution < 1.29 is 14.9 Å². The lowest BCUT2D eigenvalue weighted by Crippen LogP contribution is -2.35. The van der Waals surface area contributed by atoms with Crippen LogP contribution in [0.2, 0.25) is 5.02 Å². The lowest BCUT2D eigenvalue weighted by molar-refractivity contribution is 0.00288. The highest BCUT2D eigenvalue weighted by Gasteiger charge is 2.27. The van der Waals surface area contributed by atoms with Gasteiger partial charge in [0.1, 0.15) is 11.2 Å². The van der Waals surface area contributed by atoms with Crippen LogP contribution in [-0.4, -0.2) is 55.3 Å².